The number of nitrogens with zero attached hydrogens (tertiary/aromatic N) is 3. The van der Waals surface area contributed by atoms with E-state index in [1.807, 2.05) is 29.2 Å². The number of non-ortho nitro benzene ring substituents is 1. The van der Waals surface area contributed by atoms with Crippen molar-refractivity contribution >= 4 is 17.3 Å². The highest BCUT2D eigenvalue weighted by atomic mass is 16.6. The standard InChI is InChI=1S/C31H37N3O7/c1-38-27-11-7-23(19-29(27)40-3)13-16-32-17-14-24(15-18-32)33(26-10-12-28(39-2)30(21-26)41-4)31(35)20-22-5-8-25(9-6-22)34(36)37/h5-12,19,21,24H,13-18,20H2,1-4H3. The van der Waals surface area contributed by atoms with Gasteiger partial charge in [0.2, 0.25) is 5.91 Å². The molecule has 0 unspecified atom stereocenters. The highest BCUT2D eigenvalue weighted by Gasteiger charge is 2.30. The minimum atomic E-state index is -0.444. The molecule has 3 aromatic rings. The van der Waals surface area contributed by atoms with Crippen molar-refractivity contribution in [3.05, 3.63) is 81.9 Å². The van der Waals surface area contributed by atoms with Gasteiger partial charge in [0.25, 0.3) is 5.69 Å². The van der Waals surface area contributed by atoms with E-state index in [4.69, 9.17) is 18.9 Å². The number of carbonyl (C=O) groups is 1. The Morgan fingerprint density at radius 1 is 0.829 bits per heavy atom. The monoisotopic (exact) mass is 563 g/mol. The third-order valence-electron chi connectivity index (χ3n) is 7.50. The summed E-state index contributed by atoms with van der Waals surface area (Å²) in [6, 6.07) is 17.6. The van der Waals surface area contributed by atoms with E-state index in [2.05, 4.69) is 11.0 Å². The average Bonchev–Trinajstić information content (AvgIpc) is 3.00. The zero-order chi connectivity index (χ0) is 29.4. The van der Waals surface area contributed by atoms with Gasteiger partial charge in [-0.05, 0) is 54.7 Å². The Labute approximate surface area is 240 Å². The molecule has 0 N–H and O–H groups in total. The maximum Gasteiger partial charge on any atom is 0.269 e. The number of hydrogen-bond acceptors (Lipinski definition) is 8. The van der Waals surface area contributed by atoms with E-state index in [1.165, 1.54) is 17.7 Å². The van der Waals surface area contributed by atoms with Crippen LogP contribution in [-0.4, -0.2) is 69.8 Å². The number of hydrogen-bond donors (Lipinski definition) is 0. The molecule has 218 valence electrons. The van der Waals surface area contributed by atoms with Crippen LogP contribution in [0, 0.1) is 10.1 Å². The summed E-state index contributed by atoms with van der Waals surface area (Å²) in [5.74, 6) is 2.50. The van der Waals surface area contributed by atoms with E-state index in [0.29, 0.717) is 17.2 Å². The number of piperidine rings is 1. The Morgan fingerprint density at radius 3 is 1.98 bits per heavy atom. The fourth-order valence-corrected chi connectivity index (χ4v) is 5.25. The largest absolute Gasteiger partial charge is 0.493 e. The fourth-order valence-electron chi connectivity index (χ4n) is 5.25. The van der Waals surface area contributed by atoms with Crippen LogP contribution in [0.15, 0.2) is 60.7 Å². The second-order valence-electron chi connectivity index (χ2n) is 9.92. The van der Waals surface area contributed by atoms with Gasteiger partial charge in [-0.2, -0.15) is 0 Å². The highest BCUT2D eigenvalue weighted by molar-refractivity contribution is 5.95. The number of anilines is 1. The van der Waals surface area contributed by atoms with E-state index in [0.717, 1.165) is 55.9 Å². The lowest BCUT2D eigenvalue weighted by Crippen LogP contribution is -2.48. The minimum Gasteiger partial charge on any atom is -0.493 e. The molecule has 0 radical (unpaired) electrons. The topological polar surface area (TPSA) is 104 Å². The summed E-state index contributed by atoms with van der Waals surface area (Å²) >= 11 is 0. The Morgan fingerprint density at radius 2 is 1.39 bits per heavy atom. The Bertz CT molecular complexity index is 1340. The molecule has 10 nitrogen and oxygen atoms in total. The quantitative estimate of drug-likeness (QED) is 0.226. The fraction of sp³-hybridized carbons (Fsp3) is 0.387. The van der Waals surface area contributed by atoms with Gasteiger partial charge in [0.05, 0.1) is 39.8 Å². The van der Waals surface area contributed by atoms with Gasteiger partial charge in [-0.1, -0.05) is 18.2 Å². The van der Waals surface area contributed by atoms with Gasteiger partial charge in [0, 0.05) is 49.6 Å². The lowest BCUT2D eigenvalue weighted by molar-refractivity contribution is -0.384. The van der Waals surface area contributed by atoms with E-state index >= 15 is 0 Å². The lowest BCUT2D eigenvalue weighted by atomic mass is 10.00. The number of nitro groups is 1. The lowest BCUT2D eigenvalue weighted by Gasteiger charge is -2.39. The first-order valence-electron chi connectivity index (χ1n) is 13.6. The van der Waals surface area contributed by atoms with Crippen LogP contribution in [0.5, 0.6) is 23.0 Å². The van der Waals surface area contributed by atoms with Gasteiger partial charge < -0.3 is 28.7 Å². The van der Waals surface area contributed by atoms with Gasteiger partial charge in [0.1, 0.15) is 0 Å². The van der Waals surface area contributed by atoms with Gasteiger partial charge in [-0.15, -0.1) is 0 Å². The SMILES string of the molecule is COc1ccc(CCN2CCC(N(C(=O)Cc3ccc([N+](=O)[O-])cc3)c3ccc(OC)c(OC)c3)CC2)cc1OC. The summed E-state index contributed by atoms with van der Waals surface area (Å²) < 4.78 is 21.7. The van der Waals surface area contributed by atoms with Crippen molar-refractivity contribution in [2.75, 3.05) is 53.0 Å². The minimum absolute atomic E-state index is 0.00148. The first-order chi connectivity index (χ1) is 19.9. The molecule has 0 aromatic heterocycles. The van der Waals surface area contributed by atoms with Crippen LogP contribution in [0.2, 0.25) is 0 Å². The van der Waals surface area contributed by atoms with Gasteiger partial charge in [-0.25, -0.2) is 0 Å². The third kappa shape index (κ3) is 7.26. The molecule has 0 bridgehead atoms. The first-order valence-corrected chi connectivity index (χ1v) is 13.6. The number of amides is 1. The molecule has 0 atom stereocenters. The van der Waals surface area contributed by atoms with Crippen LogP contribution in [0.1, 0.15) is 24.0 Å². The Balaban J connectivity index is 1.47. The molecule has 1 fully saturated rings. The molecule has 3 aromatic carbocycles. The zero-order valence-electron chi connectivity index (χ0n) is 24.0. The molecule has 1 saturated heterocycles. The predicted molar refractivity (Wildman–Crippen MR) is 157 cm³/mol. The molecule has 1 heterocycles. The maximum absolute atomic E-state index is 13.8. The normalized spacial score (nSPS) is 13.9. The molecule has 1 aliphatic rings. The average molecular weight is 564 g/mol. The van der Waals surface area contributed by atoms with Crippen LogP contribution in [0.3, 0.4) is 0 Å². The van der Waals surface area contributed by atoms with Crippen molar-refractivity contribution in [2.45, 2.75) is 31.7 Å². The van der Waals surface area contributed by atoms with Crippen molar-refractivity contribution in [3.63, 3.8) is 0 Å². The van der Waals surface area contributed by atoms with Crippen LogP contribution >= 0.6 is 0 Å². The van der Waals surface area contributed by atoms with Crippen LogP contribution < -0.4 is 23.8 Å². The highest BCUT2D eigenvalue weighted by Crippen LogP contribution is 2.34. The summed E-state index contributed by atoms with van der Waals surface area (Å²) in [7, 11) is 6.41. The van der Waals surface area contributed by atoms with E-state index < -0.39 is 4.92 Å². The Hall–Kier alpha value is -4.31. The molecule has 4 rings (SSSR count). The summed E-state index contributed by atoms with van der Waals surface area (Å²) in [4.78, 5) is 28.7. The second-order valence-corrected chi connectivity index (χ2v) is 9.92. The van der Waals surface area contributed by atoms with Gasteiger partial charge in [0.15, 0.2) is 23.0 Å². The van der Waals surface area contributed by atoms with Gasteiger partial charge in [-0.3, -0.25) is 14.9 Å². The predicted octanol–water partition coefficient (Wildman–Crippen LogP) is 4.91. The molecule has 41 heavy (non-hydrogen) atoms. The smallest absolute Gasteiger partial charge is 0.269 e. The van der Waals surface area contributed by atoms with E-state index in [9.17, 15) is 14.9 Å². The van der Waals surface area contributed by atoms with Crippen LogP contribution in [-0.2, 0) is 17.6 Å². The maximum atomic E-state index is 13.8. The summed E-state index contributed by atoms with van der Waals surface area (Å²) in [5.41, 5.74) is 2.63. The molecule has 10 heteroatoms. The number of nitro benzene ring substituents is 1. The van der Waals surface area contributed by atoms with Crippen molar-refractivity contribution < 1.29 is 28.7 Å². The summed E-state index contributed by atoms with van der Waals surface area (Å²) in [5, 5.41) is 11.0. The van der Waals surface area contributed by atoms with E-state index in [1.54, 1.807) is 46.6 Å². The molecule has 0 saturated carbocycles. The number of benzene rings is 3. The number of methoxy groups -OCH3 is 4. The van der Waals surface area contributed by atoms with Crippen molar-refractivity contribution in [1.82, 2.24) is 4.90 Å². The third-order valence-corrected chi connectivity index (χ3v) is 7.50. The molecule has 0 spiro atoms. The van der Waals surface area contributed by atoms with Crippen LogP contribution in [0.4, 0.5) is 11.4 Å². The first kappa shape index (κ1) is 29.7. The number of ether oxygens (including phenoxy) is 4. The zero-order valence-corrected chi connectivity index (χ0v) is 24.0. The molecule has 1 amide bonds. The summed E-state index contributed by atoms with van der Waals surface area (Å²) in [6.45, 7) is 2.61. The Kier molecular flexibility index (Phi) is 10.0. The van der Waals surface area contributed by atoms with Gasteiger partial charge >= 0.3 is 0 Å². The van der Waals surface area contributed by atoms with Crippen molar-refractivity contribution in [1.29, 1.82) is 0 Å². The van der Waals surface area contributed by atoms with Crippen molar-refractivity contribution in [2.24, 2.45) is 0 Å². The number of likely N-dealkylation sites (tertiary alicyclic amines) is 1. The van der Waals surface area contributed by atoms with E-state index in [-0.39, 0.29) is 24.1 Å². The van der Waals surface area contributed by atoms with Crippen molar-refractivity contribution in [3.8, 4) is 23.0 Å². The molecular formula is C31H37N3O7. The number of carbonyl (C=O) groups excluding carboxylic acids is 1. The summed E-state index contributed by atoms with van der Waals surface area (Å²) in [6.07, 6.45) is 2.63. The second kappa shape index (κ2) is 13.8. The molecule has 0 aliphatic carbocycles. The number of rotatable bonds is 12. The molecule has 1 aliphatic heterocycles. The van der Waals surface area contributed by atoms with Crippen LogP contribution in [0.25, 0.3) is 0 Å². The molecular weight excluding hydrogens is 526 g/mol.